The molecule has 1 aliphatic carbocycles. The van der Waals surface area contributed by atoms with Crippen molar-refractivity contribution < 1.29 is 14.3 Å². The largest absolute Gasteiger partial charge is 0.493 e. The number of amides is 1. The number of benzene rings is 1. The van der Waals surface area contributed by atoms with Crippen LogP contribution in [0.2, 0.25) is 0 Å². The van der Waals surface area contributed by atoms with E-state index in [-0.39, 0.29) is 5.91 Å². The molecule has 1 aromatic rings. The highest BCUT2D eigenvalue weighted by Gasteiger charge is 2.34. The van der Waals surface area contributed by atoms with E-state index in [1.54, 1.807) is 14.2 Å². The van der Waals surface area contributed by atoms with Crippen molar-refractivity contribution in [3.05, 3.63) is 23.3 Å². The van der Waals surface area contributed by atoms with Crippen LogP contribution in [0.1, 0.15) is 43.2 Å². The van der Waals surface area contributed by atoms with Gasteiger partial charge in [0.25, 0.3) is 0 Å². The van der Waals surface area contributed by atoms with Gasteiger partial charge in [-0.25, -0.2) is 0 Å². The van der Waals surface area contributed by atoms with Crippen LogP contribution in [-0.2, 0) is 17.8 Å². The highest BCUT2D eigenvalue weighted by Crippen LogP contribution is 2.33. The number of nitrogens with one attached hydrogen (secondary N) is 1. The van der Waals surface area contributed by atoms with E-state index in [9.17, 15) is 10.1 Å². The molecule has 1 saturated carbocycles. The summed E-state index contributed by atoms with van der Waals surface area (Å²) in [5.41, 5.74) is 1.73. The lowest BCUT2D eigenvalue weighted by atomic mass is 9.83. The minimum absolute atomic E-state index is 0.0580. The van der Waals surface area contributed by atoms with Crippen LogP contribution in [0.3, 0.4) is 0 Å². The van der Waals surface area contributed by atoms with E-state index < -0.39 is 5.54 Å². The molecule has 2 aliphatic rings. The van der Waals surface area contributed by atoms with Gasteiger partial charge in [-0.1, -0.05) is 19.3 Å². The predicted octanol–water partition coefficient (Wildman–Crippen LogP) is 2.40. The molecule has 1 N–H and O–H groups in total. The number of carbonyl (C=O) groups excluding carboxylic acids is 1. The zero-order chi connectivity index (χ0) is 18.6. The number of hydrogen-bond donors (Lipinski definition) is 1. The maximum absolute atomic E-state index is 12.5. The van der Waals surface area contributed by atoms with Gasteiger partial charge in [0, 0.05) is 13.1 Å². The maximum atomic E-state index is 12.5. The van der Waals surface area contributed by atoms with E-state index in [2.05, 4.69) is 16.3 Å². The molecular formula is C20H27N3O3. The summed E-state index contributed by atoms with van der Waals surface area (Å²) in [6, 6.07) is 6.37. The summed E-state index contributed by atoms with van der Waals surface area (Å²) >= 11 is 0. The van der Waals surface area contributed by atoms with E-state index in [4.69, 9.17) is 9.47 Å². The summed E-state index contributed by atoms with van der Waals surface area (Å²) in [7, 11) is 3.27. The third-order valence-electron chi connectivity index (χ3n) is 5.46. The van der Waals surface area contributed by atoms with Crippen LogP contribution in [-0.4, -0.2) is 43.7 Å². The van der Waals surface area contributed by atoms with E-state index in [1.807, 2.05) is 12.1 Å². The minimum Gasteiger partial charge on any atom is -0.493 e. The molecule has 1 heterocycles. The molecule has 0 radical (unpaired) electrons. The number of nitrogens with zero attached hydrogens (tertiary/aromatic N) is 2. The van der Waals surface area contributed by atoms with Crippen molar-refractivity contribution in [2.75, 3.05) is 27.3 Å². The Morgan fingerprint density at radius 2 is 1.85 bits per heavy atom. The fourth-order valence-electron chi connectivity index (χ4n) is 4.01. The highest BCUT2D eigenvalue weighted by molar-refractivity contribution is 5.79. The SMILES string of the molecule is COc1cc2c(cc1OC)CN(CC(=O)NC1(C#N)CCCCC1)CC2. The van der Waals surface area contributed by atoms with Gasteiger partial charge < -0.3 is 14.8 Å². The monoisotopic (exact) mass is 357 g/mol. The van der Waals surface area contributed by atoms with Gasteiger partial charge in [-0.2, -0.15) is 5.26 Å². The molecule has 0 aromatic heterocycles. The van der Waals surface area contributed by atoms with Crippen LogP contribution in [0.4, 0.5) is 0 Å². The smallest absolute Gasteiger partial charge is 0.235 e. The Kier molecular flexibility index (Phi) is 5.67. The maximum Gasteiger partial charge on any atom is 0.235 e. The second-order valence-corrected chi connectivity index (χ2v) is 7.24. The zero-order valence-corrected chi connectivity index (χ0v) is 15.6. The topological polar surface area (TPSA) is 74.6 Å². The van der Waals surface area contributed by atoms with Gasteiger partial charge in [0.05, 0.1) is 26.8 Å². The van der Waals surface area contributed by atoms with E-state index in [0.717, 1.165) is 56.4 Å². The predicted molar refractivity (Wildman–Crippen MR) is 98.1 cm³/mol. The van der Waals surface area contributed by atoms with Gasteiger partial charge in [-0.15, -0.1) is 0 Å². The second kappa shape index (κ2) is 7.96. The average Bonchev–Trinajstić information content (AvgIpc) is 2.67. The number of ether oxygens (including phenoxy) is 2. The first kappa shape index (κ1) is 18.5. The molecule has 1 amide bonds. The quantitative estimate of drug-likeness (QED) is 0.876. The molecule has 1 aliphatic heterocycles. The summed E-state index contributed by atoms with van der Waals surface area (Å²) in [6.07, 6.45) is 5.54. The number of fused-ring (bicyclic) bond motifs is 1. The standard InChI is InChI=1S/C20H27N3O3/c1-25-17-10-15-6-9-23(12-16(15)11-18(17)26-2)13-19(24)22-20(14-21)7-4-3-5-8-20/h10-11H,3-9,12-13H2,1-2H3,(H,22,24). The van der Waals surface area contributed by atoms with E-state index >= 15 is 0 Å². The fourth-order valence-corrected chi connectivity index (χ4v) is 4.01. The first-order chi connectivity index (χ1) is 12.6. The number of carbonyl (C=O) groups is 1. The Labute approximate surface area is 155 Å². The van der Waals surface area contributed by atoms with Crippen LogP contribution in [0, 0.1) is 11.3 Å². The van der Waals surface area contributed by atoms with Gasteiger partial charge >= 0.3 is 0 Å². The molecule has 0 bridgehead atoms. The molecule has 1 aromatic carbocycles. The summed E-state index contributed by atoms with van der Waals surface area (Å²) in [4.78, 5) is 14.7. The van der Waals surface area contributed by atoms with E-state index in [1.165, 1.54) is 5.56 Å². The Hall–Kier alpha value is -2.26. The fraction of sp³-hybridized carbons (Fsp3) is 0.600. The molecule has 0 saturated heterocycles. The Balaban J connectivity index is 1.64. The number of rotatable bonds is 5. The number of nitriles is 1. The van der Waals surface area contributed by atoms with Crippen LogP contribution in [0.15, 0.2) is 12.1 Å². The van der Waals surface area contributed by atoms with Gasteiger partial charge in [-0.3, -0.25) is 9.69 Å². The van der Waals surface area contributed by atoms with Crippen LogP contribution < -0.4 is 14.8 Å². The molecule has 140 valence electrons. The summed E-state index contributed by atoms with van der Waals surface area (Å²) in [5, 5.41) is 12.5. The molecule has 6 heteroatoms. The van der Waals surface area contributed by atoms with Gasteiger partial charge in [0.15, 0.2) is 11.5 Å². The van der Waals surface area contributed by atoms with Crippen molar-refractivity contribution in [3.63, 3.8) is 0 Å². The molecule has 26 heavy (non-hydrogen) atoms. The molecular weight excluding hydrogens is 330 g/mol. The lowest BCUT2D eigenvalue weighted by Gasteiger charge is -2.33. The third kappa shape index (κ3) is 3.94. The lowest BCUT2D eigenvalue weighted by molar-refractivity contribution is -0.124. The second-order valence-electron chi connectivity index (χ2n) is 7.24. The van der Waals surface area contributed by atoms with Crippen molar-refractivity contribution >= 4 is 5.91 Å². The van der Waals surface area contributed by atoms with Crippen molar-refractivity contribution in [2.45, 2.75) is 50.6 Å². The average molecular weight is 357 g/mol. The lowest BCUT2D eigenvalue weighted by Crippen LogP contribution is -2.52. The Bertz CT molecular complexity index is 705. The van der Waals surface area contributed by atoms with Crippen molar-refractivity contribution in [1.82, 2.24) is 10.2 Å². The van der Waals surface area contributed by atoms with Crippen LogP contribution >= 0.6 is 0 Å². The minimum atomic E-state index is -0.667. The van der Waals surface area contributed by atoms with Crippen LogP contribution in [0.5, 0.6) is 11.5 Å². The number of methoxy groups -OCH3 is 2. The van der Waals surface area contributed by atoms with Crippen molar-refractivity contribution in [1.29, 1.82) is 5.26 Å². The molecule has 3 rings (SSSR count). The Morgan fingerprint density at radius 3 is 2.46 bits per heavy atom. The van der Waals surface area contributed by atoms with Gasteiger partial charge in [-0.05, 0) is 42.5 Å². The van der Waals surface area contributed by atoms with E-state index in [0.29, 0.717) is 18.8 Å². The molecule has 0 atom stereocenters. The summed E-state index contributed by atoms with van der Waals surface area (Å²) in [6.45, 7) is 1.83. The van der Waals surface area contributed by atoms with Gasteiger partial charge in [0.2, 0.25) is 5.91 Å². The summed E-state index contributed by atoms with van der Waals surface area (Å²) < 4.78 is 10.8. The zero-order valence-electron chi connectivity index (χ0n) is 15.6. The molecule has 0 spiro atoms. The Morgan fingerprint density at radius 1 is 1.19 bits per heavy atom. The first-order valence-electron chi connectivity index (χ1n) is 9.27. The van der Waals surface area contributed by atoms with Crippen molar-refractivity contribution in [2.24, 2.45) is 0 Å². The normalized spacial score (nSPS) is 19.1. The summed E-state index contributed by atoms with van der Waals surface area (Å²) in [5.74, 6) is 1.39. The van der Waals surface area contributed by atoms with Crippen molar-refractivity contribution in [3.8, 4) is 17.6 Å². The molecule has 6 nitrogen and oxygen atoms in total. The van der Waals surface area contributed by atoms with Gasteiger partial charge in [0.1, 0.15) is 5.54 Å². The third-order valence-corrected chi connectivity index (χ3v) is 5.46. The highest BCUT2D eigenvalue weighted by atomic mass is 16.5. The first-order valence-corrected chi connectivity index (χ1v) is 9.27. The molecule has 0 unspecified atom stereocenters. The molecule has 1 fully saturated rings. The number of hydrogen-bond acceptors (Lipinski definition) is 5. The van der Waals surface area contributed by atoms with Crippen LogP contribution in [0.25, 0.3) is 0 Å².